The molecule has 2 atom stereocenters. The van der Waals surface area contributed by atoms with Gasteiger partial charge in [-0.1, -0.05) is 60.7 Å². The number of urea groups is 1. The van der Waals surface area contributed by atoms with Gasteiger partial charge in [-0.3, -0.25) is 10.1 Å². The van der Waals surface area contributed by atoms with Crippen molar-refractivity contribution in [1.82, 2.24) is 10.6 Å². The summed E-state index contributed by atoms with van der Waals surface area (Å²) in [6.45, 7) is 0. The molecule has 3 aromatic carbocycles. The number of hydrogen-bond acceptors (Lipinski definition) is 3. The molecule has 1 aliphatic rings. The van der Waals surface area contributed by atoms with E-state index in [0.717, 1.165) is 11.1 Å². The molecule has 0 radical (unpaired) electrons. The van der Waals surface area contributed by atoms with Crippen molar-refractivity contribution in [2.45, 2.75) is 12.2 Å². The molecule has 6 nitrogen and oxygen atoms in total. The Balaban J connectivity index is 1.59. The van der Waals surface area contributed by atoms with Gasteiger partial charge in [0.2, 0.25) is 0 Å². The van der Waals surface area contributed by atoms with Crippen molar-refractivity contribution >= 4 is 23.3 Å². The molecule has 1 heterocycles. The van der Waals surface area contributed by atoms with Gasteiger partial charge in [0.25, 0.3) is 5.91 Å². The fourth-order valence-corrected chi connectivity index (χ4v) is 3.28. The van der Waals surface area contributed by atoms with Crippen LogP contribution >= 0.6 is 0 Å². The Bertz CT molecular complexity index is 1040. The Morgan fingerprint density at radius 3 is 2.38 bits per heavy atom. The van der Waals surface area contributed by atoms with Gasteiger partial charge in [0.15, 0.2) is 6.17 Å². The van der Waals surface area contributed by atoms with Crippen molar-refractivity contribution < 1.29 is 14.0 Å². The molecular weight excluding hydrogens is 371 g/mol. The highest BCUT2D eigenvalue weighted by Crippen LogP contribution is 2.30. The Morgan fingerprint density at radius 1 is 0.897 bits per heavy atom. The van der Waals surface area contributed by atoms with Gasteiger partial charge in [0.05, 0.1) is 11.7 Å². The second-order valence-corrected chi connectivity index (χ2v) is 6.60. The van der Waals surface area contributed by atoms with Crippen LogP contribution in [0.5, 0.6) is 0 Å². The van der Waals surface area contributed by atoms with Gasteiger partial charge in [-0.2, -0.15) is 0 Å². The van der Waals surface area contributed by atoms with Crippen molar-refractivity contribution in [2.24, 2.45) is 0 Å². The Hall–Kier alpha value is -3.71. The number of halogens is 1. The summed E-state index contributed by atoms with van der Waals surface area (Å²) >= 11 is 0. The van der Waals surface area contributed by atoms with Crippen LogP contribution in [-0.4, -0.2) is 18.1 Å². The van der Waals surface area contributed by atoms with E-state index in [-0.39, 0.29) is 11.7 Å². The van der Waals surface area contributed by atoms with Crippen molar-refractivity contribution in [3.63, 3.8) is 0 Å². The van der Waals surface area contributed by atoms with Crippen molar-refractivity contribution in [1.29, 1.82) is 0 Å². The lowest BCUT2D eigenvalue weighted by Gasteiger charge is -2.23. The summed E-state index contributed by atoms with van der Waals surface area (Å²) in [5.74, 6) is -0.977. The third-order valence-electron chi connectivity index (χ3n) is 4.66. The first-order valence-electron chi connectivity index (χ1n) is 9.14. The number of amides is 3. The largest absolute Gasteiger partial charge is 0.323 e. The average Bonchev–Trinajstić information content (AvgIpc) is 2.87. The van der Waals surface area contributed by atoms with Crippen molar-refractivity contribution in [3.8, 4) is 0 Å². The quantitative estimate of drug-likeness (QED) is 0.552. The summed E-state index contributed by atoms with van der Waals surface area (Å²) in [5.41, 5.74) is 2.52. The minimum atomic E-state index is -1.03. The van der Waals surface area contributed by atoms with E-state index in [9.17, 15) is 14.0 Å². The first kappa shape index (κ1) is 18.6. The minimum Gasteiger partial charge on any atom is -0.323 e. The zero-order valence-electron chi connectivity index (χ0n) is 15.4. The summed E-state index contributed by atoms with van der Waals surface area (Å²) in [5, 5.41) is 11.0. The highest BCUT2D eigenvalue weighted by Gasteiger charge is 2.31. The van der Waals surface area contributed by atoms with Gasteiger partial charge in [-0.05, 0) is 29.3 Å². The molecule has 1 unspecified atom stereocenters. The van der Waals surface area contributed by atoms with Crippen LogP contribution < -0.4 is 21.3 Å². The standard InChI is InChI=1S/C22H19FN4O2/c23-16-11-5-7-13-18(16)25-22(29)27-20-21(28)24-17-12-6-4-10-15(17)19(26-20)14-8-2-1-3-9-14/h1-13,19-20,26H,(H,24,28)(H2,25,27,29)/t19?,20-/m1/s1. The lowest BCUT2D eigenvalue weighted by atomic mass is 9.97. The normalized spacial score (nSPS) is 18.2. The van der Waals surface area contributed by atoms with E-state index in [1.807, 2.05) is 54.6 Å². The molecule has 3 aromatic rings. The maximum Gasteiger partial charge on any atom is 0.320 e. The van der Waals surface area contributed by atoms with Crippen LogP contribution in [-0.2, 0) is 4.79 Å². The minimum absolute atomic E-state index is 0.0296. The molecule has 0 aromatic heterocycles. The van der Waals surface area contributed by atoms with Crippen LogP contribution in [0, 0.1) is 5.82 Å². The first-order valence-corrected chi connectivity index (χ1v) is 9.14. The SMILES string of the molecule is O=C(Nc1ccccc1F)N[C@H]1NC(c2ccccc2)c2ccccc2NC1=O. The van der Waals surface area contributed by atoms with E-state index in [1.54, 1.807) is 6.07 Å². The predicted octanol–water partition coefficient (Wildman–Crippen LogP) is 3.60. The fraction of sp³-hybridized carbons (Fsp3) is 0.0909. The van der Waals surface area contributed by atoms with Crippen LogP contribution in [0.1, 0.15) is 17.2 Å². The molecule has 0 bridgehead atoms. The second kappa shape index (κ2) is 8.12. The molecular formula is C22H19FN4O2. The van der Waals surface area contributed by atoms with Gasteiger partial charge >= 0.3 is 6.03 Å². The monoisotopic (exact) mass is 390 g/mol. The summed E-state index contributed by atoms with van der Waals surface area (Å²) in [7, 11) is 0. The van der Waals surface area contributed by atoms with Crippen LogP contribution in [0.2, 0.25) is 0 Å². The molecule has 0 spiro atoms. The lowest BCUT2D eigenvalue weighted by Crippen LogP contribution is -2.53. The highest BCUT2D eigenvalue weighted by atomic mass is 19.1. The number of para-hydroxylation sites is 2. The highest BCUT2D eigenvalue weighted by molar-refractivity contribution is 6.00. The number of fused-ring (bicyclic) bond motifs is 1. The van der Waals surface area contributed by atoms with Gasteiger partial charge in [-0.25, -0.2) is 9.18 Å². The number of carbonyl (C=O) groups excluding carboxylic acids is 2. The molecule has 146 valence electrons. The van der Waals surface area contributed by atoms with E-state index >= 15 is 0 Å². The molecule has 0 saturated carbocycles. The van der Waals surface area contributed by atoms with Gasteiger partial charge in [0.1, 0.15) is 5.82 Å². The number of benzene rings is 3. The third-order valence-corrected chi connectivity index (χ3v) is 4.66. The molecule has 7 heteroatoms. The van der Waals surface area contributed by atoms with E-state index in [1.165, 1.54) is 18.2 Å². The maximum atomic E-state index is 13.8. The second-order valence-electron chi connectivity index (χ2n) is 6.60. The van der Waals surface area contributed by atoms with E-state index in [0.29, 0.717) is 5.69 Å². The topological polar surface area (TPSA) is 82.3 Å². The number of carbonyl (C=O) groups is 2. The van der Waals surface area contributed by atoms with Crippen LogP contribution in [0.15, 0.2) is 78.9 Å². The zero-order chi connectivity index (χ0) is 20.2. The Kier molecular flexibility index (Phi) is 5.22. The zero-order valence-corrected chi connectivity index (χ0v) is 15.4. The Morgan fingerprint density at radius 2 is 1.59 bits per heavy atom. The van der Waals surface area contributed by atoms with Crippen molar-refractivity contribution in [3.05, 3.63) is 95.8 Å². The maximum absolute atomic E-state index is 13.8. The third kappa shape index (κ3) is 4.09. The van der Waals surface area contributed by atoms with E-state index in [2.05, 4.69) is 21.3 Å². The summed E-state index contributed by atoms with van der Waals surface area (Å²) in [4.78, 5) is 25.1. The van der Waals surface area contributed by atoms with Gasteiger partial charge < -0.3 is 16.0 Å². The molecule has 4 rings (SSSR count). The fourth-order valence-electron chi connectivity index (χ4n) is 3.28. The summed E-state index contributed by atoms with van der Waals surface area (Å²) in [6, 6.07) is 21.9. The molecule has 4 N–H and O–H groups in total. The summed E-state index contributed by atoms with van der Waals surface area (Å²) in [6.07, 6.45) is -1.03. The smallest absolute Gasteiger partial charge is 0.320 e. The number of hydrogen-bond donors (Lipinski definition) is 4. The molecule has 3 amide bonds. The number of nitrogens with one attached hydrogen (secondary N) is 4. The Labute approximate surface area is 167 Å². The number of anilines is 2. The van der Waals surface area contributed by atoms with Gasteiger partial charge in [0, 0.05) is 5.69 Å². The number of rotatable bonds is 3. The molecule has 29 heavy (non-hydrogen) atoms. The van der Waals surface area contributed by atoms with E-state index < -0.39 is 23.9 Å². The van der Waals surface area contributed by atoms with Crippen LogP contribution in [0.25, 0.3) is 0 Å². The molecule has 0 aliphatic carbocycles. The predicted molar refractivity (Wildman–Crippen MR) is 109 cm³/mol. The van der Waals surface area contributed by atoms with Crippen LogP contribution in [0.4, 0.5) is 20.6 Å². The van der Waals surface area contributed by atoms with Crippen LogP contribution in [0.3, 0.4) is 0 Å². The first-order chi connectivity index (χ1) is 14.1. The van der Waals surface area contributed by atoms with Crippen molar-refractivity contribution in [2.75, 3.05) is 10.6 Å². The van der Waals surface area contributed by atoms with E-state index in [4.69, 9.17) is 0 Å². The lowest BCUT2D eigenvalue weighted by molar-refractivity contribution is -0.118. The molecule has 0 saturated heterocycles. The van der Waals surface area contributed by atoms with Gasteiger partial charge in [-0.15, -0.1) is 0 Å². The average molecular weight is 390 g/mol. The molecule has 0 fully saturated rings. The summed E-state index contributed by atoms with van der Waals surface area (Å²) < 4.78 is 13.8. The molecule has 1 aliphatic heterocycles.